The van der Waals surface area contributed by atoms with Gasteiger partial charge in [-0.2, -0.15) is 5.10 Å². The third-order valence-electron chi connectivity index (χ3n) is 4.28. The van der Waals surface area contributed by atoms with Crippen LogP contribution in [-0.2, 0) is 0 Å². The standard InChI is InChI=1S/C23H21N3O3/c1-16-8-3-4-11-19(16)22(27)25-21-13-6-5-12-20(21)23(28)26-24-15-17-9-7-10-18(14-17)29-2/h3-15H,1-2H3,(H,25,27)(H,26,28)/b24-15-. The highest BCUT2D eigenvalue weighted by Crippen LogP contribution is 2.17. The van der Waals surface area contributed by atoms with E-state index >= 15 is 0 Å². The molecule has 146 valence electrons. The van der Waals surface area contributed by atoms with Crippen LogP contribution < -0.4 is 15.5 Å². The summed E-state index contributed by atoms with van der Waals surface area (Å²) in [6, 6.07) is 21.4. The lowest BCUT2D eigenvalue weighted by atomic mass is 10.1. The number of rotatable bonds is 6. The van der Waals surface area contributed by atoms with Gasteiger partial charge in [0.25, 0.3) is 11.8 Å². The van der Waals surface area contributed by atoms with Gasteiger partial charge in [0.2, 0.25) is 0 Å². The van der Waals surface area contributed by atoms with Crippen molar-refractivity contribution in [1.82, 2.24) is 5.43 Å². The number of benzene rings is 3. The minimum absolute atomic E-state index is 0.275. The molecule has 0 saturated carbocycles. The first-order chi connectivity index (χ1) is 14.1. The highest BCUT2D eigenvalue weighted by Gasteiger charge is 2.14. The summed E-state index contributed by atoms with van der Waals surface area (Å²) < 4.78 is 5.16. The molecule has 3 rings (SSSR count). The van der Waals surface area contributed by atoms with Crippen LogP contribution in [0.5, 0.6) is 5.75 Å². The van der Waals surface area contributed by atoms with Gasteiger partial charge in [-0.15, -0.1) is 0 Å². The Hall–Kier alpha value is -3.93. The maximum absolute atomic E-state index is 12.6. The lowest BCUT2D eigenvalue weighted by molar-refractivity contribution is 0.0956. The number of nitrogens with one attached hydrogen (secondary N) is 2. The van der Waals surface area contributed by atoms with E-state index in [4.69, 9.17) is 4.74 Å². The summed E-state index contributed by atoms with van der Waals surface area (Å²) in [6.45, 7) is 1.86. The van der Waals surface area contributed by atoms with Crippen molar-refractivity contribution < 1.29 is 14.3 Å². The number of anilines is 1. The average molecular weight is 387 g/mol. The molecule has 0 saturated heterocycles. The zero-order valence-corrected chi connectivity index (χ0v) is 16.2. The van der Waals surface area contributed by atoms with E-state index in [2.05, 4.69) is 15.8 Å². The lowest BCUT2D eigenvalue weighted by Crippen LogP contribution is -2.21. The van der Waals surface area contributed by atoms with Crippen LogP contribution in [-0.4, -0.2) is 25.1 Å². The molecular weight excluding hydrogens is 366 g/mol. The van der Waals surface area contributed by atoms with Crippen molar-refractivity contribution >= 4 is 23.7 Å². The summed E-state index contributed by atoms with van der Waals surface area (Å²) in [4.78, 5) is 25.1. The van der Waals surface area contributed by atoms with Gasteiger partial charge in [-0.05, 0) is 48.4 Å². The molecule has 29 heavy (non-hydrogen) atoms. The molecule has 0 aliphatic rings. The second-order valence-electron chi connectivity index (χ2n) is 6.29. The SMILES string of the molecule is COc1cccc(/C=N\NC(=O)c2ccccc2NC(=O)c2ccccc2C)c1. The normalized spacial score (nSPS) is 10.6. The number of amides is 2. The smallest absolute Gasteiger partial charge is 0.273 e. The van der Waals surface area contributed by atoms with Crippen LogP contribution in [0.15, 0.2) is 77.9 Å². The Bertz CT molecular complexity index is 1060. The van der Waals surface area contributed by atoms with Gasteiger partial charge in [0.1, 0.15) is 5.75 Å². The Morgan fingerprint density at radius 1 is 0.897 bits per heavy atom. The number of methoxy groups -OCH3 is 1. The van der Waals surface area contributed by atoms with Crippen molar-refractivity contribution in [2.24, 2.45) is 5.10 Å². The summed E-state index contributed by atoms with van der Waals surface area (Å²) in [7, 11) is 1.58. The molecule has 0 aliphatic carbocycles. The van der Waals surface area contributed by atoms with Gasteiger partial charge in [0.15, 0.2) is 0 Å². The fraction of sp³-hybridized carbons (Fsp3) is 0.0870. The van der Waals surface area contributed by atoms with Crippen molar-refractivity contribution in [1.29, 1.82) is 0 Å². The van der Waals surface area contributed by atoms with E-state index in [-0.39, 0.29) is 5.91 Å². The van der Waals surface area contributed by atoms with Gasteiger partial charge in [-0.25, -0.2) is 5.43 Å². The lowest BCUT2D eigenvalue weighted by Gasteiger charge is -2.11. The minimum atomic E-state index is -0.426. The quantitative estimate of drug-likeness (QED) is 0.495. The van der Waals surface area contributed by atoms with Gasteiger partial charge in [-0.1, -0.05) is 42.5 Å². The number of aryl methyl sites for hydroxylation is 1. The Balaban J connectivity index is 1.72. The van der Waals surface area contributed by atoms with Crippen LogP contribution in [0.1, 0.15) is 31.8 Å². The summed E-state index contributed by atoms with van der Waals surface area (Å²) in [5, 5.41) is 6.80. The zero-order valence-electron chi connectivity index (χ0n) is 16.2. The molecule has 0 fully saturated rings. The molecule has 3 aromatic rings. The van der Waals surface area contributed by atoms with E-state index in [0.717, 1.165) is 11.1 Å². The Morgan fingerprint density at radius 2 is 1.62 bits per heavy atom. The predicted molar refractivity (Wildman–Crippen MR) is 114 cm³/mol. The second kappa shape index (κ2) is 9.32. The molecule has 2 amide bonds. The van der Waals surface area contributed by atoms with Crippen LogP contribution >= 0.6 is 0 Å². The fourth-order valence-electron chi connectivity index (χ4n) is 2.75. The summed E-state index contributed by atoms with van der Waals surface area (Å²) >= 11 is 0. The largest absolute Gasteiger partial charge is 0.497 e. The third-order valence-corrected chi connectivity index (χ3v) is 4.28. The van der Waals surface area contributed by atoms with Gasteiger partial charge < -0.3 is 10.1 Å². The predicted octanol–water partition coefficient (Wildman–Crippen LogP) is 4.02. The number of carbonyl (C=O) groups excluding carboxylic acids is 2. The first-order valence-corrected chi connectivity index (χ1v) is 9.02. The maximum Gasteiger partial charge on any atom is 0.273 e. The number of hydrogen-bond acceptors (Lipinski definition) is 4. The number of para-hydroxylation sites is 1. The average Bonchev–Trinajstić information content (AvgIpc) is 2.74. The molecule has 0 unspecified atom stereocenters. The molecular formula is C23H21N3O3. The van der Waals surface area contributed by atoms with Crippen LogP contribution in [0, 0.1) is 6.92 Å². The molecule has 0 bridgehead atoms. The highest BCUT2D eigenvalue weighted by atomic mass is 16.5. The van der Waals surface area contributed by atoms with E-state index in [1.165, 1.54) is 6.21 Å². The molecule has 0 aromatic heterocycles. The van der Waals surface area contributed by atoms with E-state index in [0.29, 0.717) is 22.6 Å². The Kier molecular flexibility index (Phi) is 6.37. The minimum Gasteiger partial charge on any atom is -0.497 e. The Morgan fingerprint density at radius 3 is 2.38 bits per heavy atom. The van der Waals surface area contributed by atoms with Crippen LogP contribution in [0.2, 0.25) is 0 Å². The van der Waals surface area contributed by atoms with Crippen molar-refractivity contribution in [3.8, 4) is 5.75 Å². The maximum atomic E-state index is 12.6. The molecule has 0 radical (unpaired) electrons. The van der Waals surface area contributed by atoms with Gasteiger partial charge in [0, 0.05) is 5.56 Å². The summed E-state index contributed by atoms with van der Waals surface area (Å²) in [5.74, 6) is -0.00222. The first kappa shape index (κ1) is 19.8. The third kappa shape index (κ3) is 5.07. The second-order valence-corrected chi connectivity index (χ2v) is 6.29. The van der Waals surface area contributed by atoms with Crippen LogP contribution in [0.25, 0.3) is 0 Å². The van der Waals surface area contributed by atoms with E-state index < -0.39 is 5.91 Å². The van der Waals surface area contributed by atoms with Crippen molar-refractivity contribution in [2.45, 2.75) is 6.92 Å². The number of nitrogens with zero attached hydrogens (tertiary/aromatic N) is 1. The van der Waals surface area contributed by atoms with Gasteiger partial charge >= 0.3 is 0 Å². The molecule has 3 aromatic carbocycles. The first-order valence-electron chi connectivity index (χ1n) is 9.02. The summed E-state index contributed by atoms with van der Waals surface area (Å²) in [5.41, 5.74) is 5.41. The number of carbonyl (C=O) groups is 2. The molecule has 0 atom stereocenters. The molecule has 0 heterocycles. The Labute approximate surface area is 169 Å². The van der Waals surface area contributed by atoms with Crippen LogP contribution in [0.3, 0.4) is 0 Å². The zero-order chi connectivity index (χ0) is 20.6. The molecule has 6 nitrogen and oxygen atoms in total. The van der Waals surface area contributed by atoms with E-state index in [1.807, 2.05) is 37.3 Å². The van der Waals surface area contributed by atoms with Crippen molar-refractivity contribution in [2.75, 3.05) is 12.4 Å². The van der Waals surface area contributed by atoms with Gasteiger partial charge in [-0.3, -0.25) is 9.59 Å². The topological polar surface area (TPSA) is 79.8 Å². The summed E-state index contributed by atoms with van der Waals surface area (Å²) in [6.07, 6.45) is 1.52. The molecule has 6 heteroatoms. The van der Waals surface area contributed by atoms with E-state index in [9.17, 15) is 9.59 Å². The number of hydrazone groups is 1. The van der Waals surface area contributed by atoms with Crippen molar-refractivity contribution in [3.05, 3.63) is 95.1 Å². The fourth-order valence-corrected chi connectivity index (χ4v) is 2.75. The molecule has 2 N–H and O–H groups in total. The van der Waals surface area contributed by atoms with Crippen LogP contribution in [0.4, 0.5) is 5.69 Å². The number of ether oxygens (including phenoxy) is 1. The highest BCUT2D eigenvalue weighted by molar-refractivity contribution is 6.09. The van der Waals surface area contributed by atoms with Crippen molar-refractivity contribution in [3.63, 3.8) is 0 Å². The van der Waals surface area contributed by atoms with E-state index in [1.54, 1.807) is 49.6 Å². The van der Waals surface area contributed by atoms with Gasteiger partial charge in [0.05, 0.1) is 24.6 Å². The monoisotopic (exact) mass is 387 g/mol. The number of hydrogen-bond donors (Lipinski definition) is 2. The molecule has 0 spiro atoms. The molecule has 0 aliphatic heterocycles.